The average Bonchev–Trinajstić information content (AvgIpc) is 2.53. The fourth-order valence-corrected chi connectivity index (χ4v) is 4.04. The first-order valence-corrected chi connectivity index (χ1v) is 9.73. The molecule has 0 unspecified atom stereocenters. The number of hydrogen-bond acceptors (Lipinski definition) is 2. The van der Waals surface area contributed by atoms with Crippen LogP contribution >= 0.6 is 46.6 Å². The van der Waals surface area contributed by atoms with Gasteiger partial charge in [0.25, 0.3) is 0 Å². The number of carbonyl (C=O) groups excluding carboxylic acids is 1. The summed E-state index contributed by atoms with van der Waals surface area (Å²) < 4.78 is 0. The molecule has 0 saturated carbocycles. The van der Waals surface area contributed by atoms with Crippen molar-refractivity contribution < 1.29 is 4.79 Å². The Kier molecular flexibility index (Phi) is 7.70. The highest BCUT2D eigenvalue weighted by molar-refractivity contribution is 7.99. The molecule has 2 aromatic rings. The van der Waals surface area contributed by atoms with Gasteiger partial charge in [-0.15, -0.1) is 11.8 Å². The Morgan fingerprint density at radius 1 is 1.08 bits per heavy atom. The highest BCUT2D eigenvalue weighted by Gasteiger charge is 2.13. The molecule has 0 fully saturated rings. The lowest BCUT2D eigenvalue weighted by Crippen LogP contribution is -1.97. The Bertz CT molecular complexity index is 716. The van der Waals surface area contributed by atoms with Crippen molar-refractivity contribution in [1.82, 2.24) is 0 Å². The molecule has 0 aromatic heterocycles. The van der Waals surface area contributed by atoms with Crippen molar-refractivity contribution in [3.8, 4) is 0 Å². The number of thioether (sulfide) groups is 1. The lowest BCUT2D eigenvalue weighted by Gasteiger charge is -2.04. The van der Waals surface area contributed by atoms with E-state index in [1.165, 1.54) is 35.9 Å². The van der Waals surface area contributed by atoms with Gasteiger partial charge in [0, 0.05) is 9.92 Å². The molecule has 2 aromatic carbocycles. The fourth-order valence-electron chi connectivity index (χ4n) is 2.04. The third-order valence-electron chi connectivity index (χ3n) is 3.33. The zero-order valence-corrected chi connectivity index (χ0v) is 16.3. The van der Waals surface area contributed by atoms with Gasteiger partial charge in [-0.1, -0.05) is 66.4 Å². The van der Waals surface area contributed by atoms with Crippen LogP contribution in [-0.4, -0.2) is 11.5 Å². The van der Waals surface area contributed by atoms with Crippen molar-refractivity contribution in [3.05, 3.63) is 68.7 Å². The van der Waals surface area contributed by atoms with E-state index in [1.54, 1.807) is 6.08 Å². The van der Waals surface area contributed by atoms with E-state index in [1.807, 2.05) is 23.9 Å². The second-order valence-electron chi connectivity index (χ2n) is 5.21. The van der Waals surface area contributed by atoms with Crippen molar-refractivity contribution >= 4 is 58.4 Å². The summed E-state index contributed by atoms with van der Waals surface area (Å²) in [6.07, 6.45) is 5.64. The minimum absolute atomic E-state index is 0.247. The van der Waals surface area contributed by atoms with Gasteiger partial charge in [0.15, 0.2) is 5.78 Å². The Hall–Kier alpha value is -0.930. The van der Waals surface area contributed by atoms with E-state index in [2.05, 4.69) is 19.1 Å². The van der Waals surface area contributed by atoms with Gasteiger partial charge < -0.3 is 0 Å². The van der Waals surface area contributed by atoms with E-state index in [-0.39, 0.29) is 21.4 Å². The summed E-state index contributed by atoms with van der Waals surface area (Å²) in [5.74, 6) is 0.876. The molecule has 0 N–H and O–H groups in total. The third kappa shape index (κ3) is 5.56. The summed E-state index contributed by atoms with van der Waals surface area (Å²) in [6, 6.07) is 11.1. The molecule has 0 radical (unpaired) electrons. The van der Waals surface area contributed by atoms with E-state index in [0.29, 0.717) is 5.02 Å². The van der Waals surface area contributed by atoms with Crippen LogP contribution < -0.4 is 0 Å². The first kappa shape index (κ1) is 19.4. The summed E-state index contributed by atoms with van der Waals surface area (Å²) >= 11 is 19.8. The minimum Gasteiger partial charge on any atom is -0.289 e. The predicted molar refractivity (Wildman–Crippen MR) is 107 cm³/mol. The largest absolute Gasteiger partial charge is 0.289 e. The van der Waals surface area contributed by atoms with Gasteiger partial charge >= 0.3 is 0 Å². The topological polar surface area (TPSA) is 17.1 Å². The third-order valence-corrected chi connectivity index (χ3v) is 5.24. The molecule has 0 aliphatic heterocycles. The highest BCUT2D eigenvalue weighted by Crippen LogP contribution is 2.29. The van der Waals surface area contributed by atoms with Crippen LogP contribution in [0, 0.1) is 0 Å². The SMILES string of the molecule is CCCCSc1ccc(/C=C/C(=O)c2c(Cl)cc(Cl)cc2Cl)cc1. The number of benzene rings is 2. The molecule has 0 amide bonds. The highest BCUT2D eigenvalue weighted by atomic mass is 35.5. The Morgan fingerprint density at radius 3 is 2.29 bits per heavy atom. The van der Waals surface area contributed by atoms with Gasteiger partial charge in [-0.25, -0.2) is 0 Å². The van der Waals surface area contributed by atoms with Gasteiger partial charge in [0.05, 0.1) is 15.6 Å². The van der Waals surface area contributed by atoms with Gasteiger partial charge in [-0.2, -0.15) is 0 Å². The monoisotopic (exact) mass is 398 g/mol. The van der Waals surface area contributed by atoms with Crippen molar-refractivity contribution in [2.45, 2.75) is 24.7 Å². The normalized spacial score (nSPS) is 11.2. The van der Waals surface area contributed by atoms with Crippen LogP contribution in [0.5, 0.6) is 0 Å². The maximum atomic E-state index is 12.3. The fraction of sp³-hybridized carbons (Fsp3) is 0.211. The predicted octanol–water partition coefficient (Wildman–Crippen LogP) is 7.44. The second-order valence-corrected chi connectivity index (χ2v) is 7.63. The van der Waals surface area contributed by atoms with Crippen molar-refractivity contribution in [1.29, 1.82) is 0 Å². The number of carbonyl (C=O) groups is 1. The van der Waals surface area contributed by atoms with Gasteiger partial charge in [-0.05, 0) is 48.1 Å². The van der Waals surface area contributed by atoms with E-state index in [0.717, 1.165) is 11.3 Å². The number of allylic oxidation sites excluding steroid dienone is 1. The van der Waals surface area contributed by atoms with Crippen LogP contribution in [0.3, 0.4) is 0 Å². The van der Waals surface area contributed by atoms with Crippen LogP contribution in [0.25, 0.3) is 6.08 Å². The Morgan fingerprint density at radius 2 is 1.71 bits per heavy atom. The number of unbranched alkanes of at least 4 members (excludes halogenated alkanes) is 1. The smallest absolute Gasteiger partial charge is 0.188 e. The molecule has 24 heavy (non-hydrogen) atoms. The second kappa shape index (κ2) is 9.53. The first-order chi connectivity index (χ1) is 11.5. The molecule has 0 heterocycles. The van der Waals surface area contributed by atoms with Crippen LogP contribution in [0.2, 0.25) is 15.1 Å². The molecule has 2 rings (SSSR count). The van der Waals surface area contributed by atoms with E-state index in [9.17, 15) is 4.79 Å². The molecule has 0 aliphatic carbocycles. The summed E-state index contributed by atoms with van der Waals surface area (Å²) in [5, 5.41) is 0.913. The zero-order valence-electron chi connectivity index (χ0n) is 13.2. The van der Waals surface area contributed by atoms with Crippen LogP contribution in [0.1, 0.15) is 35.7 Å². The van der Waals surface area contributed by atoms with Crippen LogP contribution in [0.4, 0.5) is 0 Å². The molecule has 0 spiro atoms. The number of ketones is 1. The number of halogens is 3. The van der Waals surface area contributed by atoms with E-state index in [4.69, 9.17) is 34.8 Å². The van der Waals surface area contributed by atoms with Gasteiger partial charge in [-0.3, -0.25) is 4.79 Å². The molecule has 126 valence electrons. The molecule has 0 atom stereocenters. The van der Waals surface area contributed by atoms with Crippen LogP contribution in [0.15, 0.2) is 47.4 Å². The minimum atomic E-state index is -0.247. The summed E-state index contributed by atoms with van der Waals surface area (Å²) in [4.78, 5) is 13.5. The van der Waals surface area contributed by atoms with Gasteiger partial charge in [0.1, 0.15) is 0 Å². The van der Waals surface area contributed by atoms with Crippen molar-refractivity contribution in [3.63, 3.8) is 0 Å². The summed E-state index contributed by atoms with van der Waals surface area (Å²) in [5.41, 5.74) is 1.22. The standard InChI is InChI=1S/C19H17Cl3OS/c1-2-3-10-24-15-7-4-13(5-8-15)6-9-18(23)19-16(21)11-14(20)12-17(19)22/h4-9,11-12H,2-3,10H2,1H3/b9-6+. The van der Waals surface area contributed by atoms with Gasteiger partial charge in [0.2, 0.25) is 0 Å². The number of rotatable bonds is 7. The molecular weight excluding hydrogens is 383 g/mol. The molecular formula is C19H17Cl3OS. The molecule has 0 aliphatic rings. The van der Waals surface area contributed by atoms with E-state index >= 15 is 0 Å². The van der Waals surface area contributed by atoms with Crippen LogP contribution in [-0.2, 0) is 0 Å². The first-order valence-electron chi connectivity index (χ1n) is 7.61. The molecule has 1 nitrogen and oxygen atoms in total. The lowest BCUT2D eigenvalue weighted by molar-refractivity contribution is 0.104. The average molecular weight is 400 g/mol. The van der Waals surface area contributed by atoms with E-state index < -0.39 is 0 Å². The van der Waals surface area contributed by atoms with Crippen molar-refractivity contribution in [2.75, 3.05) is 5.75 Å². The Labute approximate surface area is 162 Å². The summed E-state index contributed by atoms with van der Waals surface area (Å²) in [6.45, 7) is 2.19. The zero-order chi connectivity index (χ0) is 17.5. The van der Waals surface area contributed by atoms with Crippen molar-refractivity contribution in [2.24, 2.45) is 0 Å². The Balaban J connectivity index is 2.06. The molecule has 5 heteroatoms. The molecule has 0 saturated heterocycles. The quantitative estimate of drug-likeness (QED) is 0.208. The maximum Gasteiger partial charge on any atom is 0.188 e. The molecule has 0 bridgehead atoms. The maximum absolute atomic E-state index is 12.3. The lowest BCUT2D eigenvalue weighted by atomic mass is 10.1. The number of hydrogen-bond donors (Lipinski definition) is 0. The summed E-state index contributed by atoms with van der Waals surface area (Å²) in [7, 11) is 0.